The summed E-state index contributed by atoms with van der Waals surface area (Å²) in [5.74, 6) is -1.58. The van der Waals surface area contributed by atoms with Gasteiger partial charge in [-0.3, -0.25) is 4.79 Å². The minimum Gasteiger partial charge on any atom is -0.352 e. The molecule has 4 rings (SSSR count). The minimum atomic E-state index is -0.838. The van der Waals surface area contributed by atoms with E-state index >= 15 is 0 Å². The third-order valence-corrected chi connectivity index (χ3v) is 5.38. The van der Waals surface area contributed by atoms with Crippen molar-refractivity contribution in [1.82, 2.24) is 15.1 Å². The first kappa shape index (κ1) is 19.9. The van der Waals surface area contributed by atoms with E-state index in [4.69, 9.17) is 0 Å². The summed E-state index contributed by atoms with van der Waals surface area (Å²) in [6.07, 6.45) is 0. The minimum absolute atomic E-state index is 0.354. The molecular weight excluding hydrogens is 386 g/mol. The van der Waals surface area contributed by atoms with Crippen LogP contribution in [0.15, 0.2) is 48.5 Å². The number of hydrogen-bond donors (Lipinski definition) is 0. The number of piperazine rings is 1. The van der Waals surface area contributed by atoms with Gasteiger partial charge in [0.05, 0.1) is 5.69 Å². The largest absolute Gasteiger partial charge is 0.352 e. The molecule has 0 bridgehead atoms. The van der Waals surface area contributed by atoms with Gasteiger partial charge in [0.25, 0.3) is 5.91 Å². The highest BCUT2D eigenvalue weighted by atomic mass is 19.1. The summed E-state index contributed by atoms with van der Waals surface area (Å²) in [7, 11) is 0. The van der Waals surface area contributed by atoms with Crippen LogP contribution in [-0.2, 0) is 0 Å². The lowest BCUT2D eigenvalue weighted by atomic mass is 10.0. The summed E-state index contributed by atoms with van der Waals surface area (Å²) in [5.41, 5.74) is 3.69. The fourth-order valence-electron chi connectivity index (χ4n) is 3.74. The molecule has 0 saturated carbocycles. The number of anilines is 1. The van der Waals surface area contributed by atoms with Crippen LogP contribution in [0.3, 0.4) is 0 Å². The molecular formula is C23H22F2N4O. The van der Waals surface area contributed by atoms with E-state index < -0.39 is 23.1 Å². The number of hydrogen-bond acceptors (Lipinski definition) is 4. The van der Waals surface area contributed by atoms with Crippen LogP contribution in [0.25, 0.3) is 11.3 Å². The van der Waals surface area contributed by atoms with Gasteiger partial charge in [-0.1, -0.05) is 29.8 Å². The summed E-state index contributed by atoms with van der Waals surface area (Å²) in [6.45, 7) is 5.84. The van der Waals surface area contributed by atoms with E-state index in [-0.39, 0.29) is 0 Å². The Balaban J connectivity index is 1.43. The van der Waals surface area contributed by atoms with E-state index in [1.165, 1.54) is 16.5 Å². The average molecular weight is 408 g/mol. The average Bonchev–Trinajstić information content (AvgIpc) is 2.74. The lowest BCUT2D eigenvalue weighted by Gasteiger charge is -2.35. The molecule has 0 spiro atoms. The lowest BCUT2D eigenvalue weighted by molar-refractivity contribution is 0.0736. The maximum absolute atomic E-state index is 13.9. The molecule has 0 N–H and O–H groups in total. The molecule has 0 radical (unpaired) electrons. The SMILES string of the molecule is Cc1ccc(-c2ccc(N3CCN(C(=O)c4c(F)cccc4F)CC3)nn2)c(C)c1. The number of halogens is 2. The Morgan fingerprint density at radius 1 is 0.900 bits per heavy atom. The molecule has 1 amide bonds. The Labute approximate surface area is 174 Å². The van der Waals surface area contributed by atoms with Crippen molar-refractivity contribution in [1.29, 1.82) is 0 Å². The Bertz CT molecular complexity index is 1060. The molecule has 154 valence electrons. The molecule has 30 heavy (non-hydrogen) atoms. The van der Waals surface area contributed by atoms with Crippen molar-refractivity contribution in [2.45, 2.75) is 13.8 Å². The number of carbonyl (C=O) groups is 1. The quantitative estimate of drug-likeness (QED) is 0.657. The number of amides is 1. The highest BCUT2D eigenvalue weighted by Gasteiger charge is 2.27. The van der Waals surface area contributed by atoms with Crippen molar-refractivity contribution in [3.8, 4) is 11.3 Å². The Kier molecular flexibility index (Phi) is 5.44. The van der Waals surface area contributed by atoms with E-state index in [2.05, 4.69) is 23.2 Å². The van der Waals surface area contributed by atoms with Gasteiger partial charge in [-0.25, -0.2) is 8.78 Å². The molecule has 0 atom stereocenters. The fraction of sp³-hybridized carbons (Fsp3) is 0.261. The van der Waals surface area contributed by atoms with E-state index in [9.17, 15) is 13.6 Å². The topological polar surface area (TPSA) is 49.3 Å². The first-order valence-corrected chi connectivity index (χ1v) is 9.83. The van der Waals surface area contributed by atoms with Crippen LogP contribution >= 0.6 is 0 Å². The van der Waals surface area contributed by atoms with Gasteiger partial charge >= 0.3 is 0 Å². The number of aromatic nitrogens is 2. The Morgan fingerprint density at radius 2 is 1.60 bits per heavy atom. The predicted octanol–water partition coefficient (Wildman–Crippen LogP) is 4.00. The van der Waals surface area contributed by atoms with Gasteiger partial charge in [0.1, 0.15) is 17.2 Å². The molecule has 0 aliphatic carbocycles. The van der Waals surface area contributed by atoms with Gasteiger partial charge in [-0.15, -0.1) is 10.2 Å². The fourth-order valence-corrected chi connectivity index (χ4v) is 3.74. The molecule has 1 fully saturated rings. The Morgan fingerprint density at radius 3 is 2.20 bits per heavy atom. The summed E-state index contributed by atoms with van der Waals surface area (Å²) < 4.78 is 27.8. The zero-order chi connectivity index (χ0) is 21.3. The smallest absolute Gasteiger partial charge is 0.259 e. The van der Waals surface area contributed by atoms with Crippen LogP contribution in [0.1, 0.15) is 21.5 Å². The number of benzene rings is 2. The highest BCUT2D eigenvalue weighted by molar-refractivity contribution is 5.95. The standard InChI is InChI=1S/C23H22F2N4O/c1-15-6-7-17(16(2)14-15)20-8-9-21(27-26-20)28-10-12-29(13-11-28)23(30)22-18(24)4-3-5-19(22)25/h3-9,14H,10-13H2,1-2H3. The normalized spacial score (nSPS) is 14.1. The van der Waals surface area contributed by atoms with Gasteiger partial charge in [0.2, 0.25) is 0 Å². The van der Waals surface area contributed by atoms with E-state index in [1.807, 2.05) is 36.1 Å². The second-order valence-electron chi connectivity index (χ2n) is 7.47. The van der Waals surface area contributed by atoms with Crippen molar-refractivity contribution in [2.24, 2.45) is 0 Å². The van der Waals surface area contributed by atoms with Gasteiger partial charge in [0.15, 0.2) is 5.82 Å². The predicted molar refractivity (Wildman–Crippen MR) is 111 cm³/mol. The van der Waals surface area contributed by atoms with Gasteiger partial charge < -0.3 is 9.80 Å². The van der Waals surface area contributed by atoms with E-state index in [1.54, 1.807) is 0 Å². The van der Waals surface area contributed by atoms with E-state index in [0.29, 0.717) is 32.0 Å². The van der Waals surface area contributed by atoms with Crippen molar-refractivity contribution < 1.29 is 13.6 Å². The molecule has 5 nitrogen and oxygen atoms in total. The van der Waals surface area contributed by atoms with E-state index in [0.717, 1.165) is 29.0 Å². The number of aryl methyl sites for hydroxylation is 2. The second-order valence-corrected chi connectivity index (χ2v) is 7.47. The molecule has 1 aromatic heterocycles. The second kappa shape index (κ2) is 8.18. The van der Waals surface area contributed by atoms with Gasteiger partial charge in [-0.05, 0) is 43.7 Å². The molecule has 1 saturated heterocycles. The molecule has 0 unspecified atom stereocenters. The van der Waals surface area contributed by atoms with Crippen molar-refractivity contribution >= 4 is 11.7 Å². The monoisotopic (exact) mass is 408 g/mol. The molecule has 2 heterocycles. The summed E-state index contributed by atoms with van der Waals surface area (Å²) in [5, 5.41) is 8.72. The lowest BCUT2D eigenvalue weighted by Crippen LogP contribution is -2.49. The summed E-state index contributed by atoms with van der Waals surface area (Å²) in [6, 6.07) is 13.5. The summed E-state index contributed by atoms with van der Waals surface area (Å²) in [4.78, 5) is 16.0. The van der Waals surface area contributed by atoms with Crippen molar-refractivity contribution in [3.05, 3.63) is 76.9 Å². The third kappa shape index (κ3) is 3.87. The summed E-state index contributed by atoms with van der Waals surface area (Å²) >= 11 is 0. The van der Waals surface area contributed by atoms with Crippen LogP contribution in [-0.4, -0.2) is 47.2 Å². The van der Waals surface area contributed by atoms with Crippen LogP contribution in [0, 0.1) is 25.5 Å². The first-order chi connectivity index (χ1) is 14.4. The molecule has 1 aliphatic rings. The van der Waals surface area contributed by atoms with Crippen LogP contribution in [0.2, 0.25) is 0 Å². The van der Waals surface area contributed by atoms with Crippen LogP contribution in [0.4, 0.5) is 14.6 Å². The number of carbonyl (C=O) groups excluding carboxylic acids is 1. The van der Waals surface area contributed by atoms with Crippen LogP contribution in [0.5, 0.6) is 0 Å². The number of nitrogens with zero attached hydrogens (tertiary/aromatic N) is 4. The molecule has 3 aromatic rings. The molecule has 1 aliphatic heterocycles. The third-order valence-electron chi connectivity index (χ3n) is 5.38. The maximum Gasteiger partial charge on any atom is 0.259 e. The zero-order valence-corrected chi connectivity index (χ0v) is 16.9. The Hall–Kier alpha value is -3.35. The van der Waals surface area contributed by atoms with Gasteiger partial charge in [-0.2, -0.15) is 0 Å². The molecule has 2 aromatic carbocycles. The maximum atomic E-state index is 13.9. The van der Waals surface area contributed by atoms with Crippen molar-refractivity contribution in [2.75, 3.05) is 31.1 Å². The zero-order valence-electron chi connectivity index (χ0n) is 16.9. The number of rotatable bonds is 3. The molecule has 7 heteroatoms. The highest BCUT2D eigenvalue weighted by Crippen LogP contribution is 2.24. The van der Waals surface area contributed by atoms with Crippen molar-refractivity contribution in [3.63, 3.8) is 0 Å². The first-order valence-electron chi connectivity index (χ1n) is 9.83. The van der Waals surface area contributed by atoms with Gasteiger partial charge in [0, 0.05) is 31.7 Å². The van der Waals surface area contributed by atoms with Crippen LogP contribution < -0.4 is 4.90 Å².